The number of pyridine rings is 1. The lowest BCUT2D eigenvalue weighted by Gasteiger charge is -2.16. The summed E-state index contributed by atoms with van der Waals surface area (Å²) >= 11 is 0. The molecule has 0 spiro atoms. The molecule has 1 aromatic heterocycles. The Morgan fingerprint density at radius 2 is 2.04 bits per heavy atom. The van der Waals surface area contributed by atoms with E-state index in [0.717, 1.165) is 0 Å². The topological polar surface area (TPSA) is 92.2 Å². The lowest BCUT2D eigenvalue weighted by Crippen LogP contribution is -2.29. The van der Waals surface area contributed by atoms with E-state index >= 15 is 0 Å². The quantitative estimate of drug-likeness (QED) is 0.620. The smallest absolute Gasteiger partial charge is 0.270 e. The molecule has 0 radical (unpaired) electrons. The molecule has 2 aromatic rings. The molecule has 0 aliphatic rings. The molecule has 0 fully saturated rings. The average molecular weight is 312 g/mol. The molecule has 0 saturated heterocycles. The van der Waals surface area contributed by atoms with Crippen LogP contribution in [0.5, 0.6) is 0 Å². The standard InChI is InChI=1S/C16H16N4O3/c1-18(2)8-9-19-15(7-6-13(11-17)16(19)21)12-4-3-5-14(10-12)20(22)23/h3-7,10H,8-9H2,1-2H3. The first-order chi connectivity index (χ1) is 10.9. The van der Waals surface area contributed by atoms with Crippen molar-refractivity contribution in [2.24, 2.45) is 0 Å². The van der Waals surface area contributed by atoms with E-state index in [1.165, 1.54) is 22.8 Å². The Labute approximate surface area is 133 Å². The van der Waals surface area contributed by atoms with Gasteiger partial charge in [-0.25, -0.2) is 0 Å². The van der Waals surface area contributed by atoms with Gasteiger partial charge in [0.25, 0.3) is 11.2 Å². The lowest BCUT2D eigenvalue weighted by atomic mass is 10.1. The fraction of sp³-hybridized carbons (Fsp3) is 0.250. The lowest BCUT2D eigenvalue weighted by molar-refractivity contribution is -0.384. The number of nitro benzene ring substituents is 1. The zero-order chi connectivity index (χ0) is 17.0. The molecule has 0 aliphatic heterocycles. The predicted molar refractivity (Wildman–Crippen MR) is 86.1 cm³/mol. The summed E-state index contributed by atoms with van der Waals surface area (Å²) in [5, 5.41) is 20.0. The summed E-state index contributed by atoms with van der Waals surface area (Å²) in [5.41, 5.74) is 0.744. The highest BCUT2D eigenvalue weighted by Gasteiger charge is 2.13. The average Bonchev–Trinajstić information content (AvgIpc) is 2.53. The van der Waals surface area contributed by atoms with Crippen LogP contribution in [-0.2, 0) is 6.54 Å². The molecule has 23 heavy (non-hydrogen) atoms. The number of non-ortho nitro benzene ring substituents is 1. The van der Waals surface area contributed by atoms with Gasteiger partial charge in [0.1, 0.15) is 11.6 Å². The third-order valence-electron chi connectivity index (χ3n) is 3.42. The van der Waals surface area contributed by atoms with Crippen molar-refractivity contribution in [2.75, 3.05) is 20.6 Å². The van der Waals surface area contributed by atoms with Gasteiger partial charge in [0.05, 0.1) is 10.6 Å². The van der Waals surface area contributed by atoms with Crippen LogP contribution < -0.4 is 5.56 Å². The van der Waals surface area contributed by atoms with Crippen molar-refractivity contribution in [3.05, 3.63) is 62.4 Å². The van der Waals surface area contributed by atoms with Crippen molar-refractivity contribution in [3.63, 3.8) is 0 Å². The molecule has 0 aliphatic carbocycles. The van der Waals surface area contributed by atoms with E-state index in [0.29, 0.717) is 24.3 Å². The van der Waals surface area contributed by atoms with E-state index < -0.39 is 10.5 Å². The number of nitriles is 1. The van der Waals surface area contributed by atoms with E-state index in [1.807, 2.05) is 25.1 Å². The Kier molecular flexibility index (Phi) is 4.88. The van der Waals surface area contributed by atoms with Crippen LogP contribution in [0.1, 0.15) is 5.56 Å². The Morgan fingerprint density at radius 1 is 1.30 bits per heavy atom. The van der Waals surface area contributed by atoms with E-state index in [-0.39, 0.29) is 11.3 Å². The highest BCUT2D eigenvalue weighted by atomic mass is 16.6. The summed E-state index contributed by atoms with van der Waals surface area (Å²) in [4.78, 5) is 24.8. The van der Waals surface area contributed by atoms with Crippen molar-refractivity contribution in [1.29, 1.82) is 5.26 Å². The van der Waals surface area contributed by atoms with E-state index in [1.54, 1.807) is 18.2 Å². The monoisotopic (exact) mass is 312 g/mol. The SMILES string of the molecule is CN(C)CCn1c(-c2cccc([N+](=O)[O-])c2)ccc(C#N)c1=O. The largest absolute Gasteiger partial charge is 0.308 e. The number of hydrogen-bond acceptors (Lipinski definition) is 5. The van der Waals surface area contributed by atoms with E-state index in [2.05, 4.69) is 0 Å². The van der Waals surface area contributed by atoms with Gasteiger partial charge in [0.2, 0.25) is 0 Å². The normalized spacial score (nSPS) is 10.5. The minimum Gasteiger partial charge on any atom is -0.308 e. The van der Waals surface area contributed by atoms with E-state index in [9.17, 15) is 14.9 Å². The van der Waals surface area contributed by atoms with Gasteiger partial charge >= 0.3 is 0 Å². The molecule has 0 atom stereocenters. The molecule has 0 N–H and O–H groups in total. The van der Waals surface area contributed by atoms with Gasteiger partial charge in [-0.1, -0.05) is 12.1 Å². The van der Waals surface area contributed by atoms with Gasteiger partial charge in [-0.05, 0) is 26.2 Å². The maximum absolute atomic E-state index is 12.4. The van der Waals surface area contributed by atoms with Crippen LogP contribution in [0.3, 0.4) is 0 Å². The first-order valence-corrected chi connectivity index (χ1v) is 6.97. The van der Waals surface area contributed by atoms with Crippen LogP contribution in [0, 0.1) is 21.4 Å². The molecule has 0 amide bonds. The molecule has 0 unspecified atom stereocenters. The Morgan fingerprint density at radius 3 is 2.65 bits per heavy atom. The fourth-order valence-corrected chi connectivity index (χ4v) is 2.22. The number of hydrogen-bond donors (Lipinski definition) is 0. The van der Waals surface area contributed by atoms with Crippen LogP contribution in [0.2, 0.25) is 0 Å². The van der Waals surface area contributed by atoms with Gasteiger partial charge in [-0.15, -0.1) is 0 Å². The number of rotatable bonds is 5. The summed E-state index contributed by atoms with van der Waals surface area (Å²) in [6, 6.07) is 11.1. The number of nitrogens with zero attached hydrogens (tertiary/aromatic N) is 4. The number of likely N-dealkylation sites (N-methyl/N-ethyl adjacent to an activating group) is 1. The van der Waals surface area contributed by atoms with Gasteiger partial charge in [0.15, 0.2) is 0 Å². The molecule has 0 saturated carbocycles. The second kappa shape index (κ2) is 6.85. The first-order valence-electron chi connectivity index (χ1n) is 6.97. The Bertz CT molecular complexity index is 834. The Balaban J connectivity index is 2.60. The molecule has 7 nitrogen and oxygen atoms in total. The maximum Gasteiger partial charge on any atom is 0.270 e. The zero-order valence-corrected chi connectivity index (χ0v) is 12.9. The summed E-state index contributed by atoms with van der Waals surface area (Å²) < 4.78 is 1.48. The number of benzene rings is 1. The van der Waals surface area contributed by atoms with Crippen LogP contribution in [-0.4, -0.2) is 35.0 Å². The Hall–Kier alpha value is -2.98. The molecule has 1 heterocycles. The van der Waals surface area contributed by atoms with Gasteiger partial charge < -0.3 is 9.47 Å². The van der Waals surface area contributed by atoms with Crippen LogP contribution in [0.25, 0.3) is 11.3 Å². The van der Waals surface area contributed by atoms with Crippen molar-refractivity contribution in [2.45, 2.75) is 6.54 Å². The molecule has 0 bridgehead atoms. The molecule has 118 valence electrons. The summed E-state index contributed by atoms with van der Waals surface area (Å²) in [6.45, 7) is 0.996. The summed E-state index contributed by atoms with van der Waals surface area (Å²) in [5.74, 6) is 0. The number of nitro groups is 1. The van der Waals surface area contributed by atoms with Gasteiger partial charge in [-0.3, -0.25) is 14.9 Å². The van der Waals surface area contributed by atoms with Crippen LogP contribution in [0.4, 0.5) is 5.69 Å². The summed E-state index contributed by atoms with van der Waals surface area (Å²) in [6.07, 6.45) is 0. The molecule has 2 rings (SSSR count). The van der Waals surface area contributed by atoms with Gasteiger partial charge in [-0.2, -0.15) is 5.26 Å². The minimum absolute atomic E-state index is 0.0431. The van der Waals surface area contributed by atoms with Crippen LogP contribution >= 0.6 is 0 Å². The predicted octanol–water partition coefficient (Wildman–Crippen LogP) is 1.86. The van der Waals surface area contributed by atoms with Crippen molar-refractivity contribution < 1.29 is 4.92 Å². The minimum atomic E-state index is -0.477. The summed E-state index contributed by atoms with van der Waals surface area (Å²) in [7, 11) is 3.76. The van der Waals surface area contributed by atoms with E-state index in [4.69, 9.17) is 5.26 Å². The highest BCUT2D eigenvalue weighted by Crippen LogP contribution is 2.23. The first kappa shape index (κ1) is 16.4. The maximum atomic E-state index is 12.4. The fourth-order valence-electron chi connectivity index (χ4n) is 2.22. The third-order valence-corrected chi connectivity index (χ3v) is 3.42. The second-order valence-electron chi connectivity index (χ2n) is 5.31. The highest BCUT2D eigenvalue weighted by molar-refractivity contribution is 5.63. The number of aromatic nitrogens is 1. The molecule has 1 aromatic carbocycles. The van der Waals surface area contributed by atoms with Crippen molar-refractivity contribution >= 4 is 5.69 Å². The molecular weight excluding hydrogens is 296 g/mol. The third kappa shape index (κ3) is 3.62. The molecule has 7 heteroatoms. The van der Waals surface area contributed by atoms with Crippen LogP contribution in [0.15, 0.2) is 41.2 Å². The van der Waals surface area contributed by atoms with Crippen molar-refractivity contribution in [1.82, 2.24) is 9.47 Å². The van der Waals surface area contributed by atoms with Gasteiger partial charge in [0, 0.05) is 30.8 Å². The second-order valence-corrected chi connectivity index (χ2v) is 5.31. The zero-order valence-electron chi connectivity index (χ0n) is 12.9. The molecular formula is C16H16N4O3. The van der Waals surface area contributed by atoms with Crippen molar-refractivity contribution in [3.8, 4) is 17.3 Å².